The van der Waals surface area contributed by atoms with Gasteiger partial charge < -0.3 is 10.6 Å². The number of amides is 1. The third-order valence-electron chi connectivity index (χ3n) is 3.72. The van der Waals surface area contributed by atoms with Gasteiger partial charge >= 0.3 is 0 Å². The Bertz CT molecular complexity index is 658. The van der Waals surface area contributed by atoms with Crippen LogP contribution in [0, 0.1) is 6.92 Å². The van der Waals surface area contributed by atoms with Crippen molar-refractivity contribution in [2.75, 3.05) is 24.3 Å². The number of hydrogen-bond donors (Lipinski definition) is 1. The van der Waals surface area contributed by atoms with E-state index in [-0.39, 0.29) is 23.5 Å². The lowest BCUT2D eigenvalue weighted by Gasteiger charge is -2.24. The maximum atomic E-state index is 12.5. The number of rotatable bonds is 2. The molecule has 1 aliphatic heterocycles. The minimum Gasteiger partial charge on any atom is -0.398 e. The van der Waals surface area contributed by atoms with Crippen molar-refractivity contribution in [1.82, 2.24) is 4.90 Å². The summed E-state index contributed by atoms with van der Waals surface area (Å²) in [5.74, 6) is -0.00950. The molecule has 7 heteroatoms. The summed E-state index contributed by atoms with van der Waals surface area (Å²) in [7, 11) is -1.37. The van der Waals surface area contributed by atoms with E-state index in [2.05, 4.69) is 15.9 Å². The van der Waals surface area contributed by atoms with Crippen molar-refractivity contribution in [1.29, 1.82) is 0 Å². The average Bonchev–Trinajstić information content (AvgIpc) is 2.72. The van der Waals surface area contributed by atoms with Crippen molar-refractivity contribution in [3.63, 3.8) is 0 Å². The minimum atomic E-state index is -3.01. The van der Waals surface area contributed by atoms with Crippen LogP contribution in [0.5, 0.6) is 0 Å². The molecule has 0 aliphatic carbocycles. The monoisotopic (exact) mass is 360 g/mol. The van der Waals surface area contributed by atoms with Crippen LogP contribution in [0.1, 0.15) is 22.3 Å². The highest BCUT2D eigenvalue weighted by Crippen LogP contribution is 2.25. The number of nitrogens with two attached hydrogens (primary N) is 1. The molecule has 1 aliphatic rings. The molecule has 1 unspecified atom stereocenters. The van der Waals surface area contributed by atoms with E-state index in [9.17, 15) is 13.2 Å². The molecule has 0 aromatic heterocycles. The summed E-state index contributed by atoms with van der Waals surface area (Å²) < 4.78 is 23.8. The van der Waals surface area contributed by atoms with Gasteiger partial charge in [0.2, 0.25) is 0 Å². The Balaban J connectivity index is 2.28. The SMILES string of the molecule is Cc1c(N)cc(Br)cc1C(=O)N(C)C1CCS(=O)(=O)C1. The Morgan fingerprint density at radius 2 is 2.10 bits per heavy atom. The zero-order valence-electron chi connectivity index (χ0n) is 11.4. The van der Waals surface area contributed by atoms with E-state index < -0.39 is 9.84 Å². The summed E-state index contributed by atoms with van der Waals surface area (Å²) in [5, 5.41) is 0. The number of sulfone groups is 1. The van der Waals surface area contributed by atoms with Crippen molar-refractivity contribution in [2.24, 2.45) is 0 Å². The third kappa shape index (κ3) is 2.98. The lowest BCUT2D eigenvalue weighted by molar-refractivity contribution is 0.0747. The van der Waals surface area contributed by atoms with Gasteiger partial charge in [0.1, 0.15) is 0 Å². The van der Waals surface area contributed by atoms with Gasteiger partial charge in [-0.1, -0.05) is 15.9 Å². The maximum absolute atomic E-state index is 12.5. The predicted molar refractivity (Wildman–Crippen MR) is 82.4 cm³/mol. The van der Waals surface area contributed by atoms with Gasteiger partial charge in [-0.15, -0.1) is 0 Å². The van der Waals surface area contributed by atoms with Crippen LogP contribution in [0.15, 0.2) is 16.6 Å². The highest BCUT2D eigenvalue weighted by molar-refractivity contribution is 9.10. The lowest BCUT2D eigenvalue weighted by Crippen LogP contribution is -2.38. The van der Waals surface area contributed by atoms with Crippen LogP contribution < -0.4 is 5.73 Å². The largest absolute Gasteiger partial charge is 0.398 e. The summed E-state index contributed by atoms with van der Waals surface area (Å²) >= 11 is 3.32. The maximum Gasteiger partial charge on any atom is 0.254 e. The van der Waals surface area contributed by atoms with Crippen LogP contribution in [-0.2, 0) is 9.84 Å². The second kappa shape index (κ2) is 5.37. The summed E-state index contributed by atoms with van der Waals surface area (Å²) in [6.07, 6.45) is 0.493. The van der Waals surface area contributed by atoms with Gasteiger partial charge in [-0.2, -0.15) is 0 Å². The van der Waals surface area contributed by atoms with Crippen LogP contribution in [0.3, 0.4) is 0 Å². The highest BCUT2D eigenvalue weighted by Gasteiger charge is 2.33. The van der Waals surface area contributed by atoms with E-state index >= 15 is 0 Å². The number of benzene rings is 1. The van der Waals surface area contributed by atoms with E-state index in [0.717, 1.165) is 4.47 Å². The van der Waals surface area contributed by atoms with Crippen molar-refractivity contribution in [2.45, 2.75) is 19.4 Å². The molecule has 110 valence electrons. The van der Waals surface area contributed by atoms with Crippen LogP contribution in [0.25, 0.3) is 0 Å². The average molecular weight is 361 g/mol. The molecule has 0 saturated carbocycles. The van der Waals surface area contributed by atoms with Gasteiger partial charge in [0.05, 0.1) is 11.5 Å². The number of nitrogens with zero attached hydrogens (tertiary/aromatic N) is 1. The topological polar surface area (TPSA) is 80.5 Å². The first-order valence-corrected chi connectivity index (χ1v) is 8.86. The first-order chi connectivity index (χ1) is 9.21. The predicted octanol–water partition coefficient (Wildman–Crippen LogP) is 1.60. The van der Waals surface area contributed by atoms with Gasteiger partial charge in [0.25, 0.3) is 5.91 Å². The van der Waals surface area contributed by atoms with Crippen molar-refractivity contribution >= 4 is 37.4 Å². The van der Waals surface area contributed by atoms with Gasteiger partial charge in [0, 0.05) is 28.8 Å². The first kappa shape index (κ1) is 15.3. The second-order valence-corrected chi connectivity index (χ2v) is 8.28. The standard InChI is InChI=1S/C13H17BrN2O3S/c1-8-11(5-9(14)6-12(8)15)13(17)16(2)10-3-4-20(18,19)7-10/h5-6,10H,3-4,7,15H2,1-2H3. The molecule has 0 bridgehead atoms. The zero-order chi connectivity index (χ0) is 15.1. The third-order valence-corrected chi connectivity index (χ3v) is 5.93. The number of anilines is 1. The summed E-state index contributed by atoms with van der Waals surface area (Å²) in [6.45, 7) is 1.79. The Hall–Kier alpha value is -1.08. The Kier molecular flexibility index (Phi) is 4.11. The minimum absolute atomic E-state index is 0.0395. The smallest absolute Gasteiger partial charge is 0.254 e. The van der Waals surface area contributed by atoms with E-state index in [0.29, 0.717) is 23.2 Å². The molecular formula is C13H17BrN2O3S. The number of carbonyl (C=O) groups is 1. The molecule has 0 radical (unpaired) electrons. The summed E-state index contributed by atoms with van der Waals surface area (Å²) in [4.78, 5) is 14.0. The van der Waals surface area contributed by atoms with E-state index in [4.69, 9.17) is 5.73 Å². The quantitative estimate of drug-likeness (QED) is 0.812. The normalized spacial score (nSPS) is 20.9. The molecule has 2 N–H and O–H groups in total. The van der Waals surface area contributed by atoms with Gasteiger partial charge in [-0.05, 0) is 31.0 Å². The molecule has 20 heavy (non-hydrogen) atoms. The molecule has 1 aromatic carbocycles. The van der Waals surface area contributed by atoms with E-state index in [1.165, 1.54) is 4.90 Å². The van der Waals surface area contributed by atoms with E-state index in [1.807, 2.05) is 0 Å². The molecule has 1 aromatic rings. The second-order valence-electron chi connectivity index (χ2n) is 5.14. The Morgan fingerprint density at radius 1 is 1.45 bits per heavy atom. The zero-order valence-corrected chi connectivity index (χ0v) is 13.8. The Labute approximate surface area is 127 Å². The molecule has 1 saturated heterocycles. The van der Waals surface area contributed by atoms with Crippen LogP contribution in [-0.4, -0.2) is 43.8 Å². The molecule has 5 nitrogen and oxygen atoms in total. The fourth-order valence-corrected chi connectivity index (χ4v) is 4.61. The van der Waals surface area contributed by atoms with Crippen molar-refractivity contribution in [3.8, 4) is 0 Å². The molecule has 2 rings (SSSR count). The lowest BCUT2D eigenvalue weighted by atomic mass is 10.0. The molecular weight excluding hydrogens is 344 g/mol. The van der Waals surface area contributed by atoms with Crippen molar-refractivity contribution in [3.05, 3.63) is 27.7 Å². The molecule has 1 amide bonds. The number of hydrogen-bond acceptors (Lipinski definition) is 4. The van der Waals surface area contributed by atoms with Crippen LogP contribution in [0.2, 0.25) is 0 Å². The molecule has 0 spiro atoms. The molecule has 1 heterocycles. The summed E-state index contributed by atoms with van der Waals surface area (Å²) in [5.41, 5.74) is 7.61. The fourth-order valence-electron chi connectivity index (χ4n) is 2.36. The molecule has 1 atom stereocenters. The van der Waals surface area contributed by atoms with Gasteiger partial charge in [0.15, 0.2) is 9.84 Å². The highest BCUT2D eigenvalue weighted by atomic mass is 79.9. The summed E-state index contributed by atoms with van der Waals surface area (Å²) in [6, 6.07) is 3.20. The van der Waals surface area contributed by atoms with Crippen molar-refractivity contribution < 1.29 is 13.2 Å². The number of carbonyl (C=O) groups excluding carboxylic acids is 1. The first-order valence-electron chi connectivity index (χ1n) is 6.24. The van der Waals surface area contributed by atoms with E-state index in [1.54, 1.807) is 26.1 Å². The van der Waals surface area contributed by atoms with Crippen LogP contribution in [0.4, 0.5) is 5.69 Å². The number of nitrogen functional groups attached to an aromatic ring is 1. The molecule has 1 fully saturated rings. The number of halogens is 1. The van der Waals surface area contributed by atoms with Crippen LogP contribution >= 0.6 is 15.9 Å². The Morgan fingerprint density at radius 3 is 2.65 bits per heavy atom. The fraction of sp³-hybridized carbons (Fsp3) is 0.462. The van der Waals surface area contributed by atoms with Gasteiger partial charge in [-0.25, -0.2) is 8.42 Å². The van der Waals surface area contributed by atoms with Gasteiger partial charge in [-0.3, -0.25) is 4.79 Å².